The third-order valence-electron chi connectivity index (χ3n) is 6.42. The highest BCUT2D eigenvalue weighted by atomic mass is 16.5. The van der Waals surface area contributed by atoms with Gasteiger partial charge in [0.25, 0.3) is 5.91 Å². The maximum atomic E-state index is 12.9. The van der Waals surface area contributed by atoms with Crippen LogP contribution in [0.25, 0.3) is 0 Å². The Labute approximate surface area is 169 Å². The molecule has 0 aromatic heterocycles. The lowest BCUT2D eigenvalue weighted by Crippen LogP contribution is -2.44. The molecule has 1 aliphatic carbocycles. The molecule has 3 rings (SSSR count). The smallest absolute Gasteiger partial charge is 0.256 e. The molecular weight excluding hydrogens is 352 g/mol. The number of carbonyl (C=O) groups excluding carboxylic acids is 1. The van der Waals surface area contributed by atoms with Crippen molar-refractivity contribution in [3.8, 4) is 5.75 Å². The Morgan fingerprint density at radius 1 is 1.11 bits per heavy atom. The summed E-state index contributed by atoms with van der Waals surface area (Å²) in [4.78, 5) is 15.4. The van der Waals surface area contributed by atoms with Gasteiger partial charge in [-0.25, -0.2) is 0 Å². The van der Waals surface area contributed by atoms with Gasteiger partial charge in [-0.1, -0.05) is 32.1 Å². The molecule has 5 heteroatoms. The molecule has 28 heavy (non-hydrogen) atoms. The minimum atomic E-state index is -0.684. The largest absolute Gasteiger partial charge is 0.492 e. The van der Waals surface area contributed by atoms with E-state index < -0.39 is 5.60 Å². The van der Waals surface area contributed by atoms with Crippen molar-refractivity contribution in [1.82, 2.24) is 4.90 Å². The number of nitrogens with zero attached hydrogens (tertiary/aromatic N) is 1. The Morgan fingerprint density at radius 2 is 1.82 bits per heavy atom. The number of nitrogens with one attached hydrogen (secondary N) is 1. The zero-order chi connectivity index (χ0) is 19.8. The highest BCUT2D eigenvalue weighted by molar-refractivity contribution is 5.97. The van der Waals surface area contributed by atoms with Crippen LogP contribution in [0.4, 0.5) is 5.69 Å². The molecule has 1 heterocycles. The summed E-state index contributed by atoms with van der Waals surface area (Å²) in [5.74, 6) is 0.822. The van der Waals surface area contributed by atoms with Crippen LogP contribution in [-0.4, -0.2) is 49.3 Å². The SMILES string of the molecule is COC1(C(=O)Nc2ccc(OCCN3CCCCC3C)cc2)CCCCCC1. The van der Waals surface area contributed by atoms with E-state index in [-0.39, 0.29) is 5.91 Å². The molecule has 1 saturated carbocycles. The molecule has 1 N–H and O–H groups in total. The molecular formula is C23H36N2O3. The van der Waals surface area contributed by atoms with Crippen LogP contribution in [-0.2, 0) is 9.53 Å². The third-order valence-corrected chi connectivity index (χ3v) is 6.42. The molecule has 1 saturated heterocycles. The summed E-state index contributed by atoms with van der Waals surface area (Å²) >= 11 is 0. The summed E-state index contributed by atoms with van der Waals surface area (Å²) in [6.45, 7) is 5.15. The lowest BCUT2D eigenvalue weighted by atomic mass is 9.93. The van der Waals surface area contributed by atoms with Gasteiger partial charge in [0.1, 0.15) is 18.0 Å². The van der Waals surface area contributed by atoms with Crippen LogP contribution in [0.5, 0.6) is 5.75 Å². The van der Waals surface area contributed by atoms with Gasteiger partial charge < -0.3 is 14.8 Å². The van der Waals surface area contributed by atoms with E-state index in [0.29, 0.717) is 12.6 Å². The monoisotopic (exact) mass is 388 g/mol. The molecule has 0 spiro atoms. The number of carbonyl (C=O) groups is 1. The van der Waals surface area contributed by atoms with E-state index in [4.69, 9.17) is 9.47 Å². The maximum Gasteiger partial charge on any atom is 0.256 e. The van der Waals surface area contributed by atoms with Crippen molar-refractivity contribution in [3.63, 3.8) is 0 Å². The van der Waals surface area contributed by atoms with E-state index in [0.717, 1.165) is 43.7 Å². The molecule has 1 aliphatic heterocycles. The van der Waals surface area contributed by atoms with Crippen LogP contribution in [0, 0.1) is 0 Å². The van der Waals surface area contributed by atoms with Crippen molar-refractivity contribution in [1.29, 1.82) is 0 Å². The number of piperidine rings is 1. The van der Waals surface area contributed by atoms with Crippen molar-refractivity contribution in [2.75, 3.05) is 32.1 Å². The second-order valence-corrected chi connectivity index (χ2v) is 8.32. The van der Waals surface area contributed by atoms with Gasteiger partial charge >= 0.3 is 0 Å². The molecule has 156 valence electrons. The predicted octanol–water partition coefficient (Wildman–Crippen LogP) is 4.62. The molecule has 1 aromatic carbocycles. The predicted molar refractivity (Wildman–Crippen MR) is 113 cm³/mol. The number of rotatable bonds is 7. The molecule has 2 aliphatic rings. The summed E-state index contributed by atoms with van der Waals surface area (Å²) in [7, 11) is 1.66. The normalized spacial score (nSPS) is 23.0. The molecule has 2 fully saturated rings. The average Bonchev–Trinajstić information content (AvgIpc) is 2.97. The van der Waals surface area contributed by atoms with Gasteiger partial charge in [0, 0.05) is 25.4 Å². The van der Waals surface area contributed by atoms with E-state index in [9.17, 15) is 4.79 Å². The number of hydrogen-bond donors (Lipinski definition) is 1. The van der Waals surface area contributed by atoms with Gasteiger partial charge in [0.05, 0.1) is 0 Å². The minimum Gasteiger partial charge on any atom is -0.492 e. The summed E-state index contributed by atoms with van der Waals surface area (Å²) in [6, 6.07) is 8.35. The van der Waals surface area contributed by atoms with Crippen molar-refractivity contribution in [2.24, 2.45) is 0 Å². The zero-order valence-electron chi connectivity index (χ0n) is 17.5. The summed E-state index contributed by atoms with van der Waals surface area (Å²) in [5, 5.41) is 3.04. The van der Waals surface area contributed by atoms with Gasteiger partial charge in [-0.15, -0.1) is 0 Å². The first-order valence-corrected chi connectivity index (χ1v) is 11.0. The van der Waals surface area contributed by atoms with Crippen LogP contribution >= 0.6 is 0 Å². The van der Waals surface area contributed by atoms with Gasteiger partial charge in [0.15, 0.2) is 0 Å². The van der Waals surface area contributed by atoms with Crippen molar-refractivity contribution in [2.45, 2.75) is 76.4 Å². The molecule has 0 bridgehead atoms. The van der Waals surface area contributed by atoms with Crippen LogP contribution in [0.3, 0.4) is 0 Å². The number of methoxy groups -OCH3 is 1. The van der Waals surface area contributed by atoms with Gasteiger partial charge in [-0.3, -0.25) is 9.69 Å². The first-order chi connectivity index (χ1) is 13.6. The van der Waals surface area contributed by atoms with E-state index in [1.807, 2.05) is 24.3 Å². The quantitative estimate of drug-likeness (QED) is 0.693. The number of anilines is 1. The first-order valence-electron chi connectivity index (χ1n) is 11.0. The van der Waals surface area contributed by atoms with Crippen LogP contribution < -0.4 is 10.1 Å². The molecule has 1 aromatic rings. The van der Waals surface area contributed by atoms with E-state index >= 15 is 0 Å². The Hall–Kier alpha value is -1.59. The second-order valence-electron chi connectivity index (χ2n) is 8.32. The van der Waals surface area contributed by atoms with Crippen LogP contribution in [0.1, 0.15) is 64.7 Å². The summed E-state index contributed by atoms with van der Waals surface area (Å²) < 4.78 is 11.6. The second kappa shape index (κ2) is 10.3. The molecule has 1 unspecified atom stereocenters. The fourth-order valence-electron chi connectivity index (χ4n) is 4.47. The lowest BCUT2D eigenvalue weighted by molar-refractivity contribution is -0.139. The standard InChI is InChI=1S/C23H36N2O3/c1-19-9-5-8-16-25(19)17-18-28-21-12-10-20(11-13-21)24-22(26)23(27-2)14-6-3-4-7-15-23/h10-13,19H,3-9,14-18H2,1-2H3,(H,24,26). The summed E-state index contributed by atoms with van der Waals surface area (Å²) in [6.07, 6.45) is 9.97. The van der Waals surface area contributed by atoms with Gasteiger partial charge in [0.2, 0.25) is 0 Å². The van der Waals surface area contributed by atoms with E-state index in [2.05, 4.69) is 17.1 Å². The molecule has 0 radical (unpaired) electrons. The van der Waals surface area contributed by atoms with E-state index in [1.54, 1.807) is 7.11 Å². The number of amides is 1. The Morgan fingerprint density at radius 3 is 2.46 bits per heavy atom. The van der Waals surface area contributed by atoms with Crippen molar-refractivity contribution >= 4 is 11.6 Å². The minimum absolute atomic E-state index is 0.0235. The maximum absolute atomic E-state index is 12.9. The molecule has 1 amide bonds. The Kier molecular flexibility index (Phi) is 7.74. The number of benzene rings is 1. The molecule has 1 atom stereocenters. The fourth-order valence-corrected chi connectivity index (χ4v) is 4.47. The fraction of sp³-hybridized carbons (Fsp3) is 0.696. The summed E-state index contributed by atoms with van der Waals surface area (Å²) in [5.41, 5.74) is 0.110. The van der Waals surface area contributed by atoms with Crippen LogP contribution in [0.15, 0.2) is 24.3 Å². The first kappa shape index (κ1) is 21.1. The zero-order valence-corrected chi connectivity index (χ0v) is 17.5. The Balaban J connectivity index is 1.48. The number of likely N-dealkylation sites (tertiary alicyclic amines) is 1. The topological polar surface area (TPSA) is 50.8 Å². The third kappa shape index (κ3) is 5.48. The van der Waals surface area contributed by atoms with Crippen molar-refractivity contribution < 1.29 is 14.3 Å². The number of hydrogen-bond acceptors (Lipinski definition) is 4. The number of ether oxygens (including phenoxy) is 2. The van der Waals surface area contributed by atoms with E-state index in [1.165, 1.54) is 38.6 Å². The van der Waals surface area contributed by atoms with Gasteiger partial charge in [-0.05, 0) is 63.4 Å². The molecule has 5 nitrogen and oxygen atoms in total. The van der Waals surface area contributed by atoms with Crippen molar-refractivity contribution in [3.05, 3.63) is 24.3 Å². The van der Waals surface area contributed by atoms with Crippen LogP contribution in [0.2, 0.25) is 0 Å². The Bertz CT molecular complexity index is 609. The van der Waals surface area contributed by atoms with Gasteiger partial charge in [-0.2, -0.15) is 0 Å². The average molecular weight is 389 g/mol. The highest BCUT2D eigenvalue weighted by Crippen LogP contribution is 2.31. The highest BCUT2D eigenvalue weighted by Gasteiger charge is 2.38. The lowest BCUT2D eigenvalue weighted by Gasteiger charge is -2.33.